The van der Waals surface area contributed by atoms with Crippen molar-refractivity contribution in [1.82, 2.24) is 0 Å². The number of alkyl halides is 3. The van der Waals surface area contributed by atoms with Crippen molar-refractivity contribution in [3.05, 3.63) is 65.7 Å². The fourth-order valence-electron chi connectivity index (χ4n) is 1.62. The summed E-state index contributed by atoms with van der Waals surface area (Å²) in [5.74, 6) is -0.271. The first kappa shape index (κ1) is 14.1. The van der Waals surface area contributed by atoms with E-state index in [1.165, 1.54) is 12.1 Å². The van der Waals surface area contributed by atoms with Gasteiger partial charge in [0.05, 0.1) is 5.56 Å². The van der Waals surface area contributed by atoms with Gasteiger partial charge in [0.1, 0.15) is 5.75 Å². The molecule has 0 aliphatic rings. The first-order valence-electron chi connectivity index (χ1n) is 5.85. The number of rotatable bonds is 4. The molecule has 2 rings (SSSR count). The molecule has 0 radical (unpaired) electrons. The Morgan fingerprint density at radius 2 is 1.70 bits per heavy atom. The lowest BCUT2D eigenvalue weighted by Gasteiger charge is -2.09. The van der Waals surface area contributed by atoms with Gasteiger partial charge in [-0.3, -0.25) is 4.79 Å². The van der Waals surface area contributed by atoms with Crippen LogP contribution < -0.4 is 4.74 Å². The minimum absolute atomic E-state index is 0.0177. The summed E-state index contributed by atoms with van der Waals surface area (Å²) in [7, 11) is 0. The van der Waals surface area contributed by atoms with Crippen LogP contribution in [0.1, 0.15) is 15.9 Å². The van der Waals surface area contributed by atoms with Crippen molar-refractivity contribution in [3.8, 4) is 5.75 Å². The van der Waals surface area contributed by atoms with Gasteiger partial charge in [-0.05, 0) is 18.2 Å². The standard InChI is InChI=1S/C15H11F3O2/c16-15(17,18)12-7-4-8-13(9-12)20-10-14(19)11-5-2-1-3-6-11/h1-9H,10H2. The van der Waals surface area contributed by atoms with Gasteiger partial charge in [0.2, 0.25) is 0 Å². The number of Topliss-reactive ketones (excluding diaryl/α,β-unsaturated/α-hetero) is 1. The molecule has 0 aliphatic heterocycles. The predicted molar refractivity (Wildman–Crippen MR) is 67.7 cm³/mol. The summed E-state index contributed by atoms with van der Waals surface area (Å²) in [6.07, 6.45) is -4.43. The Morgan fingerprint density at radius 1 is 1.00 bits per heavy atom. The maximum Gasteiger partial charge on any atom is 0.416 e. The molecule has 0 aromatic heterocycles. The molecule has 0 amide bonds. The van der Waals surface area contributed by atoms with Crippen LogP contribution in [0, 0.1) is 0 Å². The summed E-state index contributed by atoms with van der Waals surface area (Å²) in [5, 5.41) is 0. The smallest absolute Gasteiger partial charge is 0.416 e. The summed E-state index contributed by atoms with van der Waals surface area (Å²) >= 11 is 0. The second kappa shape index (κ2) is 5.77. The molecule has 104 valence electrons. The Labute approximate surface area is 113 Å². The Balaban J connectivity index is 2.03. The Hall–Kier alpha value is -2.30. The van der Waals surface area contributed by atoms with Gasteiger partial charge in [0, 0.05) is 5.56 Å². The lowest BCUT2D eigenvalue weighted by Crippen LogP contribution is -2.12. The summed E-state index contributed by atoms with van der Waals surface area (Å²) in [6.45, 7) is -0.300. The molecule has 0 atom stereocenters. The van der Waals surface area contributed by atoms with E-state index in [1.54, 1.807) is 30.3 Å². The second-order valence-corrected chi connectivity index (χ2v) is 4.10. The van der Waals surface area contributed by atoms with Gasteiger partial charge < -0.3 is 4.74 Å². The highest BCUT2D eigenvalue weighted by Crippen LogP contribution is 2.31. The van der Waals surface area contributed by atoms with Crippen LogP contribution >= 0.6 is 0 Å². The van der Waals surface area contributed by atoms with Crippen molar-refractivity contribution >= 4 is 5.78 Å². The molecule has 0 saturated heterocycles. The minimum Gasteiger partial charge on any atom is -0.485 e. The monoisotopic (exact) mass is 280 g/mol. The molecular weight excluding hydrogens is 269 g/mol. The molecular formula is C15H11F3O2. The molecule has 0 spiro atoms. The normalized spacial score (nSPS) is 11.2. The maximum atomic E-state index is 12.5. The van der Waals surface area contributed by atoms with Crippen LogP contribution in [0.3, 0.4) is 0 Å². The van der Waals surface area contributed by atoms with Gasteiger partial charge in [0.25, 0.3) is 0 Å². The van der Waals surface area contributed by atoms with Crippen LogP contribution in [0.15, 0.2) is 54.6 Å². The van der Waals surface area contributed by atoms with Crippen molar-refractivity contribution in [2.45, 2.75) is 6.18 Å². The largest absolute Gasteiger partial charge is 0.485 e. The molecule has 0 aliphatic carbocycles. The highest BCUT2D eigenvalue weighted by atomic mass is 19.4. The highest BCUT2D eigenvalue weighted by molar-refractivity contribution is 5.97. The number of ketones is 1. The zero-order valence-electron chi connectivity index (χ0n) is 10.4. The zero-order valence-corrected chi connectivity index (χ0v) is 10.4. The summed E-state index contributed by atoms with van der Waals surface area (Å²) in [6, 6.07) is 12.9. The van der Waals surface area contributed by atoms with Gasteiger partial charge in [-0.25, -0.2) is 0 Å². The van der Waals surface area contributed by atoms with Crippen LogP contribution in [0.2, 0.25) is 0 Å². The Kier molecular flexibility index (Phi) is 4.08. The zero-order chi connectivity index (χ0) is 14.6. The van der Waals surface area contributed by atoms with Crippen LogP contribution in [-0.2, 0) is 6.18 Å². The van der Waals surface area contributed by atoms with Gasteiger partial charge in [-0.15, -0.1) is 0 Å². The lowest BCUT2D eigenvalue weighted by molar-refractivity contribution is -0.137. The quantitative estimate of drug-likeness (QED) is 0.792. The molecule has 5 heteroatoms. The molecule has 0 saturated carbocycles. The van der Waals surface area contributed by atoms with Gasteiger partial charge in [-0.1, -0.05) is 36.4 Å². The average Bonchev–Trinajstić information content (AvgIpc) is 2.45. The molecule has 2 nitrogen and oxygen atoms in total. The average molecular weight is 280 g/mol. The number of carbonyl (C=O) groups excluding carboxylic acids is 1. The first-order chi connectivity index (χ1) is 9.47. The Morgan fingerprint density at radius 3 is 2.35 bits per heavy atom. The summed E-state index contributed by atoms with van der Waals surface area (Å²) < 4.78 is 42.6. The molecule has 0 fully saturated rings. The van der Waals surface area contributed by atoms with Crippen molar-refractivity contribution in [2.24, 2.45) is 0 Å². The van der Waals surface area contributed by atoms with E-state index in [4.69, 9.17) is 4.74 Å². The van der Waals surface area contributed by atoms with E-state index >= 15 is 0 Å². The third-order valence-electron chi connectivity index (χ3n) is 2.63. The molecule has 2 aromatic rings. The number of carbonyl (C=O) groups is 1. The molecule has 2 aromatic carbocycles. The highest BCUT2D eigenvalue weighted by Gasteiger charge is 2.30. The SMILES string of the molecule is O=C(COc1cccc(C(F)(F)F)c1)c1ccccc1. The first-order valence-corrected chi connectivity index (χ1v) is 5.85. The van der Waals surface area contributed by atoms with E-state index in [2.05, 4.69) is 0 Å². The number of benzene rings is 2. The van der Waals surface area contributed by atoms with E-state index in [0.717, 1.165) is 12.1 Å². The van der Waals surface area contributed by atoms with Crippen LogP contribution in [0.5, 0.6) is 5.75 Å². The Bertz CT molecular complexity index is 592. The molecule has 0 unspecified atom stereocenters. The minimum atomic E-state index is -4.43. The predicted octanol–water partition coefficient (Wildman–Crippen LogP) is 3.97. The van der Waals surface area contributed by atoms with Crippen LogP contribution in [-0.4, -0.2) is 12.4 Å². The summed E-state index contributed by atoms with van der Waals surface area (Å²) in [5.41, 5.74) is -0.346. The lowest BCUT2D eigenvalue weighted by atomic mass is 10.1. The van der Waals surface area contributed by atoms with Crippen LogP contribution in [0.4, 0.5) is 13.2 Å². The van der Waals surface area contributed by atoms with Crippen molar-refractivity contribution in [3.63, 3.8) is 0 Å². The number of hydrogen-bond acceptors (Lipinski definition) is 2. The summed E-state index contributed by atoms with van der Waals surface area (Å²) in [4.78, 5) is 11.8. The van der Waals surface area contributed by atoms with Crippen LogP contribution in [0.25, 0.3) is 0 Å². The fraction of sp³-hybridized carbons (Fsp3) is 0.133. The van der Waals surface area contributed by atoms with Gasteiger partial charge >= 0.3 is 6.18 Å². The van der Waals surface area contributed by atoms with Crippen molar-refractivity contribution < 1.29 is 22.7 Å². The topological polar surface area (TPSA) is 26.3 Å². The molecule has 0 N–H and O–H groups in total. The third kappa shape index (κ3) is 3.60. The van der Waals surface area contributed by atoms with E-state index in [9.17, 15) is 18.0 Å². The van der Waals surface area contributed by atoms with E-state index < -0.39 is 11.7 Å². The van der Waals surface area contributed by atoms with Gasteiger partial charge in [0.15, 0.2) is 12.4 Å². The number of ether oxygens (including phenoxy) is 1. The third-order valence-corrected chi connectivity index (χ3v) is 2.63. The van der Waals surface area contributed by atoms with E-state index in [0.29, 0.717) is 5.56 Å². The number of halogens is 3. The van der Waals surface area contributed by atoms with Crippen molar-refractivity contribution in [1.29, 1.82) is 0 Å². The molecule has 0 heterocycles. The molecule has 0 bridgehead atoms. The second-order valence-electron chi connectivity index (χ2n) is 4.10. The fourth-order valence-corrected chi connectivity index (χ4v) is 1.62. The number of hydrogen-bond donors (Lipinski definition) is 0. The maximum absolute atomic E-state index is 12.5. The van der Waals surface area contributed by atoms with E-state index in [-0.39, 0.29) is 18.1 Å². The van der Waals surface area contributed by atoms with E-state index in [1.807, 2.05) is 0 Å². The van der Waals surface area contributed by atoms with Gasteiger partial charge in [-0.2, -0.15) is 13.2 Å². The molecule has 20 heavy (non-hydrogen) atoms. The van der Waals surface area contributed by atoms with Crippen molar-refractivity contribution in [2.75, 3.05) is 6.61 Å².